The van der Waals surface area contributed by atoms with E-state index in [4.69, 9.17) is 22.0 Å². The second-order valence-corrected chi connectivity index (χ2v) is 3.35. The van der Waals surface area contributed by atoms with Gasteiger partial charge in [0, 0.05) is 5.02 Å². The predicted molar refractivity (Wildman–Crippen MR) is 52.2 cm³/mol. The summed E-state index contributed by atoms with van der Waals surface area (Å²) in [6.07, 6.45) is -0.159. The summed E-state index contributed by atoms with van der Waals surface area (Å²) in [4.78, 5) is 10.5. The van der Waals surface area contributed by atoms with Crippen molar-refractivity contribution in [3.05, 3.63) is 33.8 Å². The maximum atomic E-state index is 10.5. The first-order valence-corrected chi connectivity index (χ1v) is 4.33. The minimum atomic E-state index is -0.959. The molecule has 3 nitrogen and oxygen atoms in total. The molecule has 0 saturated heterocycles. The number of hydrogen-bond acceptors (Lipinski definition) is 2. The summed E-state index contributed by atoms with van der Waals surface area (Å²) in [6, 6.07) is 5.11. The Bertz CT molecular complexity index is 421. The van der Waals surface area contributed by atoms with Crippen molar-refractivity contribution >= 4 is 17.6 Å². The molecule has 0 aliphatic heterocycles. The molecule has 0 saturated carbocycles. The summed E-state index contributed by atoms with van der Waals surface area (Å²) in [7, 11) is 0. The van der Waals surface area contributed by atoms with Gasteiger partial charge in [0.25, 0.3) is 0 Å². The molecule has 1 aromatic rings. The molecule has 0 aromatic heterocycles. The highest BCUT2D eigenvalue weighted by Gasteiger charge is 2.08. The maximum absolute atomic E-state index is 10.5. The van der Waals surface area contributed by atoms with Crippen LogP contribution in [0, 0.1) is 18.3 Å². The number of benzene rings is 1. The molecule has 0 heterocycles. The highest BCUT2D eigenvalue weighted by atomic mass is 35.5. The van der Waals surface area contributed by atoms with Crippen molar-refractivity contribution in [1.29, 1.82) is 5.26 Å². The van der Waals surface area contributed by atoms with Crippen molar-refractivity contribution in [1.82, 2.24) is 0 Å². The molecule has 1 N–H and O–H groups in total. The van der Waals surface area contributed by atoms with Gasteiger partial charge in [-0.05, 0) is 30.2 Å². The van der Waals surface area contributed by atoms with E-state index in [9.17, 15) is 4.79 Å². The van der Waals surface area contributed by atoms with Crippen LogP contribution in [0.4, 0.5) is 0 Å². The van der Waals surface area contributed by atoms with Crippen LogP contribution in [-0.4, -0.2) is 11.1 Å². The van der Waals surface area contributed by atoms with E-state index in [-0.39, 0.29) is 6.42 Å². The van der Waals surface area contributed by atoms with Crippen molar-refractivity contribution in [3.8, 4) is 6.07 Å². The standard InChI is InChI=1S/C10H8ClNO2/c1-6-2-9(11)7(4-10(13)14)3-8(6)5-12/h2-3H,4H2,1H3,(H,13,14). The van der Waals surface area contributed by atoms with Gasteiger partial charge in [-0.15, -0.1) is 0 Å². The van der Waals surface area contributed by atoms with Gasteiger partial charge in [-0.1, -0.05) is 11.6 Å². The van der Waals surface area contributed by atoms with Gasteiger partial charge in [-0.3, -0.25) is 4.79 Å². The molecule has 1 rings (SSSR count). The van der Waals surface area contributed by atoms with Gasteiger partial charge < -0.3 is 5.11 Å². The van der Waals surface area contributed by atoms with E-state index in [0.29, 0.717) is 16.1 Å². The maximum Gasteiger partial charge on any atom is 0.307 e. The Morgan fingerprint density at radius 1 is 1.64 bits per heavy atom. The minimum Gasteiger partial charge on any atom is -0.481 e. The second kappa shape index (κ2) is 4.12. The Morgan fingerprint density at radius 2 is 2.29 bits per heavy atom. The Balaban J connectivity index is 3.19. The molecule has 72 valence electrons. The molecule has 0 radical (unpaired) electrons. The molecule has 0 amide bonds. The summed E-state index contributed by atoms with van der Waals surface area (Å²) in [5.41, 5.74) is 1.69. The minimum absolute atomic E-state index is 0.159. The number of halogens is 1. The normalized spacial score (nSPS) is 9.50. The molecule has 1 aromatic carbocycles. The number of carboxylic acid groups (broad SMARTS) is 1. The zero-order chi connectivity index (χ0) is 10.7. The summed E-state index contributed by atoms with van der Waals surface area (Å²) in [5, 5.41) is 17.7. The van der Waals surface area contributed by atoms with E-state index in [2.05, 4.69) is 0 Å². The fourth-order valence-electron chi connectivity index (χ4n) is 1.14. The van der Waals surface area contributed by atoms with Gasteiger partial charge in [0.1, 0.15) is 0 Å². The monoisotopic (exact) mass is 209 g/mol. The lowest BCUT2D eigenvalue weighted by Crippen LogP contribution is -2.01. The van der Waals surface area contributed by atoms with Crippen LogP contribution in [0.2, 0.25) is 5.02 Å². The first-order chi connectivity index (χ1) is 6.54. The zero-order valence-corrected chi connectivity index (χ0v) is 8.30. The number of aliphatic carboxylic acids is 1. The summed E-state index contributed by atoms with van der Waals surface area (Å²) in [6.45, 7) is 1.76. The van der Waals surface area contributed by atoms with Gasteiger partial charge >= 0.3 is 5.97 Å². The molecule has 0 spiro atoms. The van der Waals surface area contributed by atoms with Crippen molar-refractivity contribution in [3.63, 3.8) is 0 Å². The first-order valence-electron chi connectivity index (χ1n) is 3.95. The SMILES string of the molecule is Cc1cc(Cl)c(CC(=O)O)cc1C#N. The van der Waals surface area contributed by atoms with E-state index in [1.807, 2.05) is 6.07 Å². The van der Waals surface area contributed by atoms with E-state index >= 15 is 0 Å². The van der Waals surface area contributed by atoms with E-state index < -0.39 is 5.97 Å². The topological polar surface area (TPSA) is 61.1 Å². The molecular formula is C10H8ClNO2. The van der Waals surface area contributed by atoms with E-state index in [1.165, 1.54) is 6.07 Å². The molecule has 0 aliphatic rings. The number of hydrogen-bond donors (Lipinski definition) is 1. The van der Waals surface area contributed by atoms with Gasteiger partial charge in [-0.25, -0.2) is 0 Å². The first kappa shape index (κ1) is 10.6. The summed E-state index contributed by atoms with van der Waals surface area (Å²) in [5.74, 6) is -0.959. The third-order valence-corrected chi connectivity index (χ3v) is 2.21. The highest BCUT2D eigenvalue weighted by Crippen LogP contribution is 2.21. The van der Waals surface area contributed by atoms with E-state index in [1.54, 1.807) is 13.0 Å². The lowest BCUT2D eigenvalue weighted by molar-refractivity contribution is -0.136. The molecule has 14 heavy (non-hydrogen) atoms. The Kier molecular flexibility index (Phi) is 3.10. The number of carboxylic acids is 1. The summed E-state index contributed by atoms with van der Waals surface area (Å²) < 4.78 is 0. The number of aryl methyl sites for hydroxylation is 1. The average Bonchev–Trinajstić information content (AvgIpc) is 2.09. The molecule has 0 fully saturated rings. The van der Waals surface area contributed by atoms with Crippen LogP contribution in [-0.2, 0) is 11.2 Å². The third kappa shape index (κ3) is 2.24. The van der Waals surface area contributed by atoms with Gasteiger partial charge in [-0.2, -0.15) is 5.26 Å². The highest BCUT2D eigenvalue weighted by molar-refractivity contribution is 6.31. The van der Waals surface area contributed by atoms with Gasteiger partial charge in [0.05, 0.1) is 18.1 Å². The number of carbonyl (C=O) groups is 1. The fraction of sp³-hybridized carbons (Fsp3) is 0.200. The van der Waals surface area contributed by atoms with Crippen molar-refractivity contribution < 1.29 is 9.90 Å². The Hall–Kier alpha value is -1.53. The Labute approximate surface area is 86.5 Å². The van der Waals surface area contributed by atoms with Crippen LogP contribution in [0.15, 0.2) is 12.1 Å². The zero-order valence-electron chi connectivity index (χ0n) is 7.54. The van der Waals surface area contributed by atoms with Crippen LogP contribution in [0.25, 0.3) is 0 Å². The molecule has 0 bridgehead atoms. The quantitative estimate of drug-likeness (QED) is 0.812. The molecule has 0 atom stereocenters. The van der Waals surface area contributed by atoms with Crippen LogP contribution < -0.4 is 0 Å². The molecular weight excluding hydrogens is 202 g/mol. The van der Waals surface area contributed by atoms with Crippen molar-refractivity contribution in [2.45, 2.75) is 13.3 Å². The van der Waals surface area contributed by atoms with Gasteiger partial charge in [0.2, 0.25) is 0 Å². The lowest BCUT2D eigenvalue weighted by Gasteiger charge is -2.04. The van der Waals surface area contributed by atoms with Gasteiger partial charge in [0.15, 0.2) is 0 Å². The predicted octanol–water partition coefficient (Wildman–Crippen LogP) is 2.15. The van der Waals surface area contributed by atoms with Crippen LogP contribution in [0.1, 0.15) is 16.7 Å². The molecule has 0 aliphatic carbocycles. The van der Waals surface area contributed by atoms with Crippen LogP contribution in [0.5, 0.6) is 0 Å². The molecule has 4 heteroatoms. The smallest absolute Gasteiger partial charge is 0.307 e. The largest absolute Gasteiger partial charge is 0.481 e. The average molecular weight is 210 g/mol. The van der Waals surface area contributed by atoms with E-state index in [0.717, 1.165) is 5.56 Å². The number of nitrogens with zero attached hydrogens (tertiary/aromatic N) is 1. The lowest BCUT2D eigenvalue weighted by atomic mass is 10.0. The summed E-state index contributed by atoms with van der Waals surface area (Å²) >= 11 is 5.83. The number of nitriles is 1. The van der Waals surface area contributed by atoms with Crippen molar-refractivity contribution in [2.24, 2.45) is 0 Å². The molecule has 0 unspecified atom stereocenters. The van der Waals surface area contributed by atoms with Crippen LogP contribution >= 0.6 is 11.6 Å². The second-order valence-electron chi connectivity index (χ2n) is 2.94. The van der Waals surface area contributed by atoms with Crippen LogP contribution in [0.3, 0.4) is 0 Å². The Morgan fingerprint density at radius 3 is 2.79 bits per heavy atom. The fourth-order valence-corrected chi connectivity index (χ4v) is 1.42. The van der Waals surface area contributed by atoms with Crippen molar-refractivity contribution in [2.75, 3.05) is 0 Å². The number of rotatable bonds is 2. The third-order valence-electron chi connectivity index (χ3n) is 1.86.